The van der Waals surface area contributed by atoms with Gasteiger partial charge in [0.05, 0.1) is 16.7 Å². The number of benzene rings is 2. The number of hydrogen-bond donors (Lipinski definition) is 1. The van der Waals surface area contributed by atoms with Gasteiger partial charge in [-0.1, -0.05) is 36.4 Å². The Morgan fingerprint density at radius 2 is 1.86 bits per heavy atom. The molecule has 3 nitrogen and oxygen atoms in total. The summed E-state index contributed by atoms with van der Waals surface area (Å²) in [6, 6.07) is 17.0. The van der Waals surface area contributed by atoms with Gasteiger partial charge in [-0.05, 0) is 24.1 Å². The van der Waals surface area contributed by atoms with Gasteiger partial charge in [0, 0.05) is 24.2 Å². The van der Waals surface area contributed by atoms with Crippen LogP contribution in [0.4, 0.5) is 0 Å². The largest absolute Gasteiger partial charge is 0.366 e. The Morgan fingerprint density at radius 1 is 1.00 bits per heavy atom. The van der Waals surface area contributed by atoms with E-state index in [9.17, 15) is 0 Å². The molecule has 0 aliphatic carbocycles. The maximum Gasteiger partial charge on any atom is 0.136 e. The van der Waals surface area contributed by atoms with Crippen molar-refractivity contribution in [2.45, 2.75) is 13.0 Å². The molecule has 0 spiro atoms. The van der Waals surface area contributed by atoms with Crippen LogP contribution in [0, 0.1) is 0 Å². The molecule has 1 aromatic heterocycles. The number of aromatic amines is 1. The van der Waals surface area contributed by atoms with E-state index in [4.69, 9.17) is 4.98 Å². The highest BCUT2D eigenvalue weighted by atomic mass is 15.2. The Hall–Kier alpha value is -2.55. The smallest absolute Gasteiger partial charge is 0.136 e. The van der Waals surface area contributed by atoms with Crippen LogP contribution in [0.2, 0.25) is 0 Å². The van der Waals surface area contributed by atoms with Crippen LogP contribution in [0.1, 0.15) is 23.4 Å². The average molecular weight is 273 g/mol. The lowest BCUT2D eigenvalue weighted by Gasteiger charge is -2.12. The summed E-state index contributed by atoms with van der Waals surface area (Å²) in [5.74, 6) is 1.03. The number of H-pyrrole nitrogens is 1. The summed E-state index contributed by atoms with van der Waals surface area (Å²) in [6.45, 7) is 2.13. The molecule has 0 fully saturated rings. The van der Waals surface area contributed by atoms with Crippen LogP contribution in [0.25, 0.3) is 22.3 Å². The van der Waals surface area contributed by atoms with E-state index in [2.05, 4.69) is 46.3 Å². The van der Waals surface area contributed by atoms with Gasteiger partial charge in [-0.2, -0.15) is 0 Å². The highest BCUT2D eigenvalue weighted by Gasteiger charge is 2.32. The first-order valence-electron chi connectivity index (χ1n) is 7.42. The molecule has 21 heavy (non-hydrogen) atoms. The van der Waals surface area contributed by atoms with E-state index in [1.54, 1.807) is 0 Å². The summed E-state index contributed by atoms with van der Waals surface area (Å²) < 4.78 is 0. The zero-order valence-electron chi connectivity index (χ0n) is 11.6. The second-order valence-electron chi connectivity index (χ2n) is 5.76. The van der Waals surface area contributed by atoms with Gasteiger partial charge in [-0.3, -0.25) is 0 Å². The van der Waals surface area contributed by atoms with Crippen LogP contribution in [0.3, 0.4) is 0 Å². The first kappa shape index (κ1) is 11.1. The number of aromatic nitrogens is 2. The molecule has 5 rings (SSSR count). The summed E-state index contributed by atoms with van der Waals surface area (Å²) in [4.78, 5) is 10.8. The van der Waals surface area contributed by atoms with Gasteiger partial charge in [-0.25, -0.2) is 4.98 Å². The monoisotopic (exact) mass is 273 g/mol. The zero-order chi connectivity index (χ0) is 13.8. The molecule has 3 heterocycles. The maximum absolute atomic E-state index is 4.79. The van der Waals surface area contributed by atoms with E-state index in [0.717, 1.165) is 36.4 Å². The van der Waals surface area contributed by atoms with E-state index in [0.29, 0.717) is 0 Å². The van der Waals surface area contributed by atoms with Crippen LogP contribution in [0.15, 0.2) is 48.5 Å². The lowest BCUT2D eigenvalue weighted by atomic mass is 10.0. The SMILES string of the molecule is c1ccc2c(c1)CN1CCC(c3nc4ccccc4[nH]3)=C21. The van der Waals surface area contributed by atoms with E-state index in [-0.39, 0.29) is 0 Å². The number of imidazole rings is 1. The summed E-state index contributed by atoms with van der Waals surface area (Å²) in [5.41, 5.74) is 7.71. The Morgan fingerprint density at radius 3 is 2.81 bits per heavy atom. The van der Waals surface area contributed by atoms with Crippen molar-refractivity contribution in [3.63, 3.8) is 0 Å². The molecule has 3 aromatic rings. The molecule has 2 aliphatic rings. The van der Waals surface area contributed by atoms with E-state index >= 15 is 0 Å². The zero-order valence-corrected chi connectivity index (χ0v) is 11.6. The van der Waals surface area contributed by atoms with Gasteiger partial charge in [0.1, 0.15) is 5.82 Å². The number of para-hydroxylation sites is 2. The van der Waals surface area contributed by atoms with Crippen molar-refractivity contribution in [2.24, 2.45) is 0 Å². The fraction of sp³-hybridized carbons (Fsp3) is 0.167. The molecule has 0 saturated carbocycles. The average Bonchev–Trinajstić information content (AvgIpc) is 3.19. The number of fused-ring (bicyclic) bond motifs is 4. The molecule has 0 amide bonds. The molecular formula is C18H15N3. The van der Waals surface area contributed by atoms with Crippen LogP contribution >= 0.6 is 0 Å². The highest BCUT2D eigenvalue weighted by Crippen LogP contribution is 2.43. The molecule has 2 aliphatic heterocycles. The Balaban J connectivity index is 1.74. The highest BCUT2D eigenvalue weighted by molar-refractivity contribution is 5.94. The minimum atomic E-state index is 1.03. The number of nitrogens with zero attached hydrogens (tertiary/aromatic N) is 2. The van der Waals surface area contributed by atoms with Crippen molar-refractivity contribution in [3.05, 3.63) is 65.5 Å². The van der Waals surface area contributed by atoms with Gasteiger partial charge in [0.15, 0.2) is 0 Å². The Bertz CT molecular complexity index is 855. The third-order valence-corrected chi connectivity index (χ3v) is 4.54. The molecule has 1 N–H and O–H groups in total. The Kier molecular flexibility index (Phi) is 2.11. The van der Waals surface area contributed by atoms with E-state index in [1.807, 2.05) is 12.1 Å². The van der Waals surface area contributed by atoms with Crippen molar-refractivity contribution in [1.82, 2.24) is 14.9 Å². The molecule has 3 heteroatoms. The van der Waals surface area contributed by atoms with Crippen molar-refractivity contribution in [1.29, 1.82) is 0 Å². The first-order valence-corrected chi connectivity index (χ1v) is 7.42. The molecule has 0 atom stereocenters. The van der Waals surface area contributed by atoms with Gasteiger partial charge in [0.25, 0.3) is 0 Å². The lowest BCUT2D eigenvalue weighted by molar-refractivity contribution is 0.439. The van der Waals surface area contributed by atoms with Crippen LogP contribution < -0.4 is 0 Å². The van der Waals surface area contributed by atoms with Gasteiger partial charge >= 0.3 is 0 Å². The minimum absolute atomic E-state index is 1.03. The number of rotatable bonds is 1. The third-order valence-electron chi connectivity index (χ3n) is 4.54. The van der Waals surface area contributed by atoms with Crippen molar-refractivity contribution >= 4 is 22.3 Å². The van der Waals surface area contributed by atoms with Crippen molar-refractivity contribution in [3.8, 4) is 0 Å². The first-order chi connectivity index (χ1) is 10.4. The number of nitrogens with one attached hydrogen (secondary N) is 1. The predicted molar refractivity (Wildman–Crippen MR) is 84.4 cm³/mol. The summed E-state index contributed by atoms with van der Waals surface area (Å²) in [6.07, 6.45) is 1.07. The second-order valence-corrected chi connectivity index (χ2v) is 5.76. The van der Waals surface area contributed by atoms with Gasteiger partial charge in [-0.15, -0.1) is 0 Å². The molecule has 0 radical (unpaired) electrons. The van der Waals surface area contributed by atoms with E-state index < -0.39 is 0 Å². The van der Waals surface area contributed by atoms with Gasteiger partial charge in [0.2, 0.25) is 0 Å². The van der Waals surface area contributed by atoms with Gasteiger partial charge < -0.3 is 9.88 Å². The van der Waals surface area contributed by atoms with Crippen molar-refractivity contribution < 1.29 is 0 Å². The molecule has 0 bridgehead atoms. The van der Waals surface area contributed by atoms with E-state index in [1.165, 1.54) is 22.4 Å². The molecule has 0 saturated heterocycles. The molecule has 0 unspecified atom stereocenters. The predicted octanol–water partition coefficient (Wildman–Crippen LogP) is 3.65. The fourth-order valence-corrected chi connectivity index (χ4v) is 3.58. The topological polar surface area (TPSA) is 31.9 Å². The molecular weight excluding hydrogens is 258 g/mol. The fourth-order valence-electron chi connectivity index (χ4n) is 3.58. The quantitative estimate of drug-likeness (QED) is 0.734. The van der Waals surface area contributed by atoms with Crippen LogP contribution in [0.5, 0.6) is 0 Å². The van der Waals surface area contributed by atoms with Crippen LogP contribution in [-0.2, 0) is 6.54 Å². The standard InChI is InChI=1S/C18H15N3/c1-2-6-13-12(5-1)11-21-10-9-14(17(13)21)18-19-15-7-3-4-8-16(15)20-18/h1-8H,9-11H2,(H,19,20). The Labute approximate surface area is 122 Å². The lowest BCUT2D eigenvalue weighted by Crippen LogP contribution is -2.10. The summed E-state index contributed by atoms with van der Waals surface area (Å²) in [7, 11) is 0. The summed E-state index contributed by atoms with van der Waals surface area (Å²) >= 11 is 0. The molecule has 2 aromatic carbocycles. The third kappa shape index (κ3) is 1.51. The molecule has 102 valence electrons. The second kappa shape index (κ2) is 3.98. The normalized spacial score (nSPS) is 16.7. The summed E-state index contributed by atoms with van der Waals surface area (Å²) in [5, 5.41) is 0. The van der Waals surface area contributed by atoms with Crippen LogP contribution in [-0.4, -0.2) is 21.4 Å². The minimum Gasteiger partial charge on any atom is -0.366 e. The maximum atomic E-state index is 4.79. The number of hydrogen-bond acceptors (Lipinski definition) is 2. The van der Waals surface area contributed by atoms with Crippen molar-refractivity contribution in [2.75, 3.05) is 6.54 Å².